The second-order valence-corrected chi connectivity index (χ2v) is 2.21. The Hall–Kier alpha value is -0.570. The van der Waals surface area contributed by atoms with E-state index in [1.54, 1.807) is 6.20 Å². The summed E-state index contributed by atoms with van der Waals surface area (Å²) < 4.78 is 2.77. The van der Waals surface area contributed by atoms with Crippen LogP contribution >= 0.6 is 16.1 Å². The highest BCUT2D eigenvalue weighted by Crippen LogP contribution is 2.05. The third-order valence-corrected chi connectivity index (χ3v) is 1.42. The highest BCUT2D eigenvalue weighted by molar-refractivity contribution is 9.10. The van der Waals surface area contributed by atoms with Gasteiger partial charge in [0.25, 0.3) is 0 Å². The molecule has 1 heterocycles. The first-order valence-corrected chi connectivity index (χ1v) is 3.41. The Morgan fingerprint density at radius 3 is 2.89 bits per heavy atom. The average Bonchev–Trinajstić information content (AvgIpc) is 1.88. The maximum Gasteiger partial charge on any atom is 0.136 e. The van der Waals surface area contributed by atoms with Crippen LogP contribution < -0.4 is 4.34 Å². The zero-order valence-electron chi connectivity index (χ0n) is 5.06. The van der Waals surface area contributed by atoms with Crippen LogP contribution in [0.5, 0.6) is 0 Å². The molecule has 1 rings (SSSR count). The molecule has 0 saturated carbocycles. The summed E-state index contributed by atoms with van der Waals surface area (Å²) >= 11 is 3.08. The molecule has 2 nitrogen and oxygen atoms in total. The van der Waals surface area contributed by atoms with E-state index in [-0.39, 0.29) is 0 Å². The molecule has 9 heavy (non-hydrogen) atoms. The minimum atomic E-state index is 0.843. The lowest BCUT2D eigenvalue weighted by molar-refractivity contribution is 1.30. The molecule has 0 amide bonds. The number of aromatic nitrogens is 1. The molecule has 1 aromatic heterocycles. The predicted octanol–water partition coefficient (Wildman–Crippen LogP) is 2.11. The molecule has 0 saturated heterocycles. The Balaban J connectivity index is 2.94. The van der Waals surface area contributed by atoms with Gasteiger partial charge >= 0.3 is 0 Å². The summed E-state index contributed by atoms with van der Waals surface area (Å²) in [5.41, 5.74) is 1.20. The SMILES string of the molecule is Cc1ccnc(NBr)c1. The molecule has 0 aliphatic carbocycles. The molecule has 0 fully saturated rings. The van der Waals surface area contributed by atoms with Crippen molar-refractivity contribution in [3.05, 3.63) is 23.9 Å². The smallest absolute Gasteiger partial charge is 0.136 e. The van der Waals surface area contributed by atoms with Crippen LogP contribution in [0.1, 0.15) is 5.56 Å². The second kappa shape index (κ2) is 2.82. The summed E-state index contributed by atoms with van der Waals surface area (Å²) in [6.07, 6.45) is 1.76. The molecule has 0 bridgehead atoms. The third kappa shape index (κ3) is 1.68. The van der Waals surface area contributed by atoms with Crippen LogP contribution in [0.15, 0.2) is 18.3 Å². The molecule has 0 unspecified atom stereocenters. The van der Waals surface area contributed by atoms with E-state index in [1.165, 1.54) is 5.56 Å². The van der Waals surface area contributed by atoms with Gasteiger partial charge in [-0.3, -0.25) is 0 Å². The molecule has 0 aliphatic heterocycles. The van der Waals surface area contributed by atoms with Crippen LogP contribution in [0, 0.1) is 6.92 Å². The van der Waals surface area contributed by atoms with Gasteiger partial charge in [0, 0.05) is 22.3 Å². The highest BCUT2D eigenvalue weighted by atomic mass is 79.9. The maximum absolute atomic E-state index is 4.00. The molecule has 48 valence electrons. The van der Waals surface area contributed by atoms with E-state index in [1.807, 2.05) is 19.1 Å². The first kappa shape index (κ1) is 6.55. The fraction of sp³-hybridized carbons (Fsp3) is 0.167. The maximum atomic E-state index is 4.00. The van der Waals surface area contributed by atoms with Crippen LogP contribution in [0.3, 0.4) is 0 Å². The Morgan fingerprint density at radius 1 is 1.67 bits per heavy atom. The van der Waals surface area contributed by atoms with Gasteiger partial charge in [0.2, 0.25) is 0 Å². The zero-order chi connectivity index (χ0) is 6.69. The number of aryl methyl sites for hydroxylation is 1. The van der Waals surface area contributed by atoms with Crippen molar-refractivity contribution in [2.24, 2.45) is 0 Å². The Morgan fingerprint density at radius 2 is 2.44 bits per heavy atom. The fourth-order valence-electron chi connectivity index (χ4n) is 0.588. The van der Waals surface area contributed by atoms with E-state index in [2.05, 4.69) is 25.5 Å². The first-order chi connectivity index (χ1) is 4.33. The first-order valence-electron chi connectivity index (χ1n) is 2.62. The monoisotopic (exact) mass is 186 g/mol. The van der Waals surface area contributed by atoms with E-state index < -0.39 is 0 Å². The van der Waals surface area contributed by atoms with Gasteiger partial charge in [0.05, 0.1) is 0 Å². The Bertz CT molecular complexity index is 200. The van der Waals surface area contributed by atoms with Crippen molar-refractivity contribution in [1.82, 2.24) is 4.98 Å². The van der Waals surface area contributed by atoms with Gasteiger partial charge in [-0.2, -0.15) is 0 Å². The number of anilines is 1. The van der Waals surface area contributed by atoms with E-state index in [0.717, 1.165) is 5.82 Å². The average molecular weight is 187 g/mol. The Labute approximate surface area is 62.6 Å². The van der Waals surface area contributed by atoms with Crippen molar-refractivity contribution in [2.75, 3.05) is 4.34 Å². The van der Waals surface area contributed by atoms with Crippen molar-refractivity contribution < 1.29 is 0 Å². The normalized spacial score (nSPS) is 9.11. The summed E-state index contributed by atoms with van der Waals surface area (Å²) in [4.78, 5) is 4.00. The van der Waals surface area contributed by atoms with Crippen LogP contribution in [-0.4, -0.2) is 4.98 Å². The highest BCUT2D eigenvalue weighted by Gasteiger charge is 1.87. The molecular formula is C6H7BrN2. The summed E-state index contributed by atoms with van der Waals surface area (Å²) in [6, 6.07) is 3.91. The molecule has 0 radical (unpaired) electrons. The minimum absolute atomic E-state index is 0.843. The largest absolute Gasteiger partial charge is 0.307 e. The van der Waals surface area contributed by atoms with E-state index >= 15 is 0 Å². The van der Waals surface area contributed by atoms with Crippen molar-refractivity contribution in [2.45, 2.75) is 6.92 Å². The number of pyridine rings is 1. The number of hydrogen-bond acceptors (Lipinski definition) is 2. The van der Waals surface area contributed by atoms with Crippen LogP contribution in [0.25, 0.3) is 0 Å². The number of halogens is 1. The topological polar surface area (TPSA) is 24.9 Å². The van der Waals surface area contributed by atoms with Crippen LogP contribution in [0.4, 0.5) is 5.82 Å². The van der Waals surface area contributed by atoms with Crippen molar-refractivity contribution >= 4 is 22.0 Å². The van der Waals surface area contributed by atoms with E-state index in [0.29, 0.717) is 0 Å². The zero-order valence-corrected chi connectivity index (χ0v) is 6.64. The van der Waals surface area contributed by atoms with Crippen molar-refractivity contribution in [3.8, 4) is 0 Å². The molecule has 0 atom stereocenters. The van der Waals surface area contributed by atoms with E-state index in [4.69, 9.17) is 0 Å². The lowest BCUT2D eigenvalue weighted by Crippen LogP contribution is -1.83. The second-order valence-electron chi connectivity index (χ2n) is 1.81. The molecule has 0 spiro atoms. The molecule has 0 aliphatic rings. The summed E-state index contributed by atoms with van der Waals surface area (Å²) in [7, 11) is 0. The minimum Gasteiger partial charge on any atom is -0.307 e. The fourth-order valence-corrected chi connectivity index (χ4v) is 0.805. The Kier molecular flexibility index (Phi) is 2.05. The molecule has 1 N–H and O–H groups in total. The molecular weight excluding hydrogens is 180 g/mol. The lowest BCUT2D eigenvalue weighted by atomic mass is 10.3. The van der Waals surface area contributed by atoms with Crippen molar-refractivity contribution in [3.63, 3.8) is 0 Å². The lowest BCUT2D eigenvalue weighted by Gasteiger charge is -1.95. The molecule has 0 aromatic carbocycles. The van der Waals surface area contributed by atoms with Gasteiger partial charge in [0.1, 0.15) is 5.82 Å². The third-order valence-electron chi connectivity index (χ3n) is 1.01. The van der Waals surface area contributed by atoms with Gasteiger partial charge < -0.3 is 4.34 Å². The molecule has 3 heteroatoms. The molecule has 1 aromatic rings. The van der Waals surface area contributed by atoms with Crippen LogP contribution in [0.2, 0.25) is 0 Å². The number of nitrogens with one attached hydrogen (secondary N) is 1. The van der Waals surface area contributed by atoms with Crippen LogP contribution in [-0.2, 0) is 0 Å². The number of nitrogens with zero attached hydrogens (tertiary/aromatic N) is 1. The van der Waals surface area contributed by atoms with E-state index in [9.17, 15) is 0 Å². The van der Waals surface area contributed by atoms with Gasteiger partial charge in [-0.25, -0.2) is 4.98 Å². The summed E-state index contributed by atoms with van der Waals surface area (Å²) in [6.45, 7) is 2.02. The quantitative estimate of drug-likeness (QED) is 0.681. The number of rotatable bonds is 1. The van der Waals surface area contributed by atoms with Gasteiger partial charge in [-0.05, 0) is 24.6 Å². The van der Waals surface area contributed by atoms with Gasteiger partial charge in [0.15, 0.2) is 0 Å². The van der Waals surface area contributed by atoms with Gasteiger partial charge in [-0.1, -0.05) is 0 Å². The summed E-state index contributed by atoms with van der Waals surface area (Å²) in [5, 5.41) is 0. The predicted molar refractivity (Wildman–Crippen MR) is 41.5 cm³/mol. The van der Waals surface area contributed by atoms with Gasteiger partial charge in [-0.15, -0.1) is 0 Å². The standard InChI is InChI=1S/C6H7BrN2/c1-5-2-3-8-6(4-5)9-7/h2-4H,1H3,(H,8,9). The summed E-state index contributed by atoms with van der Waals surface area (Å²) in [5.74, 6) is 0.843. The van der Waals surface area contributed by atoms with Crippen molar-refractivity contribution in [1.29, 1.82) is 0 Å². The number of hydrogen-bond donors (Lipinski definition) is 1.